The molecule has 2 heterocycles. The van der Waals surface area contributed by atoms with Gasteiger partial charge in [0.2, 0.25) is 0 Å². The van der Waals surface area contributed by atoms with Crippen LogP contribution in [-0.2, 0) is 17.4 Å². The van der Waals surface area contributed by atoms with E-state index >= 15 is 0 Å². The number of oxazole rings is 1. The molecule has 0 aliphatic rings. The molecule has 0 bridgehead atoms. The SMILES string of the molecule is Cc1nc(-c2ccc(OC(F)(F)F)cc2)c(-c2cc(-c3cccc([S+](C)[O-])c3)ccc2-n2cc(C(F)(F)F)nc2C)o1. The summed E-state index contributed by atoms with van der Waals surface area (Å²) in [7, 11) is 0. The maximum atomic E-state index is 13.5. The predicted molar refractivity (Wildman–Crippen MR) is 143 cm³/mol. The molecule has 3 aromatic carbocycles. The fraction of sp³-hybridized carbons (Fsp3) is 0.172. The van der Waals surface area contributed by atoms with Crippen LogP contribution in [0, 0.1) is 13.8 Å². The van der Waals surface area contributed by atoms with Gasteiger partial charge in [0.1, 0.15) is 23.5 Å². The summed E-state index contributed by atoms with van der Waals surface area (Å²) < 4.78 is 102. The Kier molecular flexibility index (Phi) is 7.58. The maximum absolute atomic E-state index is 13.5. The minimum Gasteiger partial charge on any atom is -0.612 e. The summed E-state index contributed by atoms with van der Waals surface area (Å²) in [5, 5.41) is 0. The standard InChI is InChI=1S/C29H21F6N3O3S/c1-16-36-25(28(30,31)32)15-38(16)24-12-9-20(19-5-4-6-22(13-19)42(3)39)14-23(24)27-26(37-17(2)40-27)18-7-10-21(11-8-18)41-29(33,34)35/h4-15H,1-3H3. The van der Waals surface area contributed by atoms with E-state index in [0.29, 0.717) is 32.8 Å². The third-order valence-electron chi connectivity index (χ3n) is 6.27. The molecular formula is C29H21F6N3O3S. The molecule has 0 saturated carbocycles. The summed E-state index contributed by atoms with van der Waals surface area (Å²) in [5.41, 5.74) is 1.53. The van der Waals surface area contributed by atoms with Gasteiger partial charge in [-0.25, -0.2) is 9.97 Å². The highest BCUT2D eigenvalue weighted by atomic mass is 32.2. The highest BCUT2D eigenvalue weighted by Gasteiger charge is 2.35. The van der Waals surface area contributed by atoms with Gasteiger partial charge in [-0.15, -0.1) is 13.2 Å². The van der Waals surface area contributed by atoms with Crippen molar-refractivity contribution < 1.29 is 40.0 Å². The second-order valence-electron chi connectivity index (χ2n) is 9.24. The molecule has 6 nitrogen and oxygen atoms in total. The molecule has 2 aromatic heterocycles. The van der Waals surface area contributed by atoms with E-state index < -0.39 is 35.2 Å². The van der Waals surface area contributed by atoms with E-state index in [-0.39, 0.29) is 23.2 Å². The Balaban J connectivity index is 1.70. The zero-order valence-corrected chi connectivity index (χ0v) is 23.0. The summed E-state index contributed by atoms with van der Waals surface area (Å²) in [4.78, 5) is 8.69. The van der Waals surface area contributed by atoms with Crippen molar-refractivity contribution in [3.8, 4) is 45.1 Å². The minimum atomic E-state index is -4.87. The topological polar surface area (TPSA) is 76.1 Å². The third-order valence-corrected chi connectivity index (χ3v) is 7.19. The molecule has 0 aliphatic carbocycles. The van der Waals surface area contributed by atoms with Crippen molar-refractivity contribution in [3.05, 3.63) is 90.3 Å². The summed E-state index contributed by atoms with van der Waals surface area (Å²) >= 11 is -1.26. The van der Waals surface area contributed by atoms with Gasteiger partial charge in [0.25, 0.3) is 0 Å². The number of nitrogens with zero attached hydrogens (tertiary/aromatic N) is 3. The third kappa shape index (κ3) is 6.16. The number of ether oxygens (including phenoxy) is 1. The Bertz CT molecular complexity index is 1740. The Morgan fingerprint density at radius 3 is 2.14 bits per heavy atom. The lowest BCUT2D eigenvalue weighted by Crippen LogP contribution is -2.16. The van der Waals surface area contributed by atoms with Crippen molar-refractivity contribution in [2.24, 2.45) is 0 Å². The van der Waals surface area contributed by atoms with E-state index in [4.69, 9.17) is 4.42 Å². The van der Waals surface area contributed by atoms with Gasteiger partial charge < -0.3 is 18.3 Å². The molecule has 5 rings (SSSR count). The highest BCUT2D eigenvalue weighted by molar-refractivity contribution is 7.90. The summed E-state index contributed by atoms with van der Waals surface area (Å²) in [5.74, 6) is 0.0168. The smallest absolute Gasteiger partial charge is 0.573 e. The number of rotatable bonds is 6. The van der Waals surface area contributed by atoms with Crippen LogP contribution in [0.4, 0.5) is 26.3 Å². The van der Waals surface area contributed by atoms with Gasteiger partial charge in [-0.05, 0) is 71.7 Å². The first-order valence-corrected chi connectivity index (χ1v) is 13.8. The summed E-state index contributed by atoms with van der Waals surface area (Å²) in [6.45, 7) is 3.00. The Hall–Kier alpha value is -4.23. The Morgan fingerprint density at radius 2 is 1.52 bits per heavy atom. The molecule has 0 aliphatic heterocycles. The van der Waals surface area contributed by atoms with Gasteiger partial charge in [0.05, 0.1) is 5.69 Å². The molecule has 0 fully saturated rings. The first-order chi connectivity index (χ1) is 19.7. The van der Waals surface area contributed by atoms with Crippen LogP contribution >= 0.6 is 0 Å². The lowest BCUT2D eigenvalue weighted by molar-refractivity contribution is -0.274. The van der Waals surface area contributed by atoms with Gasteiger partial charge in [-0.2, -0.15) is 13.2 Å². The van der Waals surface area contributed by atoms with Crippen LogP contribution in [0.1, 0.15) is 17.4 Å². The van der Waals surface area contributed by atoms with Gasteiger partial charge >= 0.3 is 12.5 Å². The van der Waals surface area contributed by atoms with E-state index in [0.717, 1.165) is 18.3 Å². The fourth-order valence-corrected chi connectivity index (χ4v) is 5.00. The van der Waals surface area contributed by atoms with Gasteiger partial charge in [-0.3, -0.25) is 0 Å². The molecule has 0 saturated heterocycles. The van der Waals surface area contributed by atoms with Gasteiger partial charge in [-0.1, -0.05) is 18.2 Å². The Labute approximate surface area is 238 Å². The van der Waals surface area contributed by atoms with E-state index in [9.17, 15) is 30.9 Å². The van der Waals surface area contributed by atoms with Crippen LogP contribution in [0.5, 0.6) is 5.75 Å². The van der Waals surface area contributed by atoms with Crippen molar-refractivity contribution in [1.29, 1.82) is 0 Å². The molecule has 13 heteroatoms. The number of halogens is 6. The normalized spacial score (nSPS) is 12.9. The summed E-state index contributed by atoms with van der Waals surface area (Å²) in [6, 6.07) is 17.0. The molecule has 42 heavy (non-hydrogen) atoms. The van der Waals surface area contributed by atoms with Crippen molar-refractivity contribution in [2.45, 2.75) is 31.3 Å². The molecule has 0 N–H and O–H groups in total. The van der Waals surface area contributed by atoms with Crippen LogP contribution in [-0.4, -0.2) is 31.7 Å². The quantitative estimate of drug-likeness (QED) is 0.144. The second kappa shape index (κ2) is 10.9. The fourth-order valence-electron chi connectivity index (χ4n) is 4.43. The van der Waals surface area contributed by atoms with Crippen molar-refractivity contribution >= 4 is 11.2 Å². The van der Waals surface area contributed by atoms with E-state index in [1.54, 1.807) is 55.6 Å². The molecule has 0 amide bonds. The molecular weight excluding hydrogens is 584 g/mol. The molecule has 5 aromatic rings. The molecule has 1 unspecified atom stereocenters. The van der Waals surface area contributed by atoms with E-state index in [1.165, 1.54) is 23.6 Å². The lowest BCUT2D eigenvalue weighted by Gasteiger charge is -2.14. The van der Waals surface area contributed by atoms with Crippen molar-refractivity contribution in [2.75, 3.05) is 6.26 Å². The molecule has 0 radical (unpaired) electrons. The highest BCUT2D eigenvalue weighted by Crippen LogP contribution is 2.40. The van der Waals surface area contributed by atoms with Gasteiger partial charge in [0, 0.05) is 30.3 Å². The number of aryl methyl sites for hydroxylation is 2. The number of imidazole rings is 1. The average molecular weight is 606 g/mol. The van der Waals surface area contributed by atoms with Crippen molar-refractivity contribution in [1.82, 2.24) is 14.5 Å². The van der Waals surface area contributed by atoms with Crippen LogP contribution in [0.2, 0.25) is 0 Å². The van der Waals surface area contributed by atoms with Crippen LogP contribution in [0.15, 0.2) is 82.2 Å². The average Bonchev–Trinajstić information content (AvgIpc) is 3.50. The number of alkyl halides is 6. The predicted octanol–water partition coefficient (Wildman–Crippen LogP) is 8.13. The van der Waals surface area contributed by atoms with Crippen LogP contribution < -0.4 is 4.74 Å². The first kappa shape index (κ1) is 29.3. The van der Waals surface area contributed by atoms with Crippen LogP contribution in [0.3, 0.4) is 0 Å². The van der Waals surface area contributed by atoms with Crippen molar-refractivity contribution in [3.63, 3.8) is 0 Å². The number of hydrogen-bond acceptors (Lipinski definition) is 5. The lowest BCUT2D eigenvalue weighted by atomic mass is 9.98. The largest absolute Gasteiger partial charge is 0.612 e. The van der Waals surface area contributed by atoms with Gasteiger partial charge in [0.15, 0.2) is 22.2 Å². The number of benzene rings is 3. The second-order valence-corrected chi connectivity index (χ2v) is 10.6. The number of hydrogen-bond donors (Lipinski definition) is 0. The zero-order chi connectivity index (χ0) is 30.4. The Morgan fingerprint density at radius 1 is 0.857 bits per heavy atom. The first-order valence-electron chi connectivity index (χ1n) is 12.2. The van der Waals surface area contributed by atoms with E-state index in [2.05, 4.69) is 14.7 Å². The molecule has 218 valence electrons. The van der Waals surface area contributed by atoms with E-state index in [1.807, 2.05) is 0 Å². The number of aromatic nitrogens is 3. The monoisotopic (exact) mass is 605 g/mol. The minimum absolute atomic E-state index is 0.0612. The zero-order valence-electron chi connectivity index (χ0n) is 22.2. The molecule has 0 spiro atoms. The molecule has 1 atom stereocenters. The van der Waals surface area contributed by atoms with Crippen LogP contribution in [0.25, 0.3) is 39.4 Å². The summed E-state index contributed by atoms with van der Waals surface area (Å²) in [6.07, 6.45) is -7.13. The maximum Gasteiger partial charge on any atom is 0.573 e.